The van der Waals surface area contributed by atoms with Gasteiger partial charge in [-0.15, -0.1) is 0 Å². The minimum atomic E-state index is -0.552. The van der Waals surface area contributed by atoms with E-state index in [4.69, 9.17) is 11.6 Å². The van der Waals surface area contributed by atoms with Crippen LogP contribution in [0.2, 0.25) is 5.02 Å². The third-order valence-electron chi connectivity index (χ3n) is 3.53. The van der Waals surface area contributed by atoms with Crippen molar-refractivity contribution in [3.8, 4) is 0 Å². The van der Waals surface area contributed by atoms with Crippen LogP contribution in [-0.4, -0.2) is 36.5 Å². The summed E-state index contributed by atoms with van der Waals surface area (Å²) in [4.78, 5) is 14.4. The molecule has 0 spiro atoms. The first-order chi connectivity index (χ1) is 9.50. The predicted octanol–water partition coefficient (Wildman–Crippen LogP) is 2.94. The van der Waals surface area contributed by atoms with Crippen LogP contribution < -0.4 is 5.32 Å². The highest BCUT2D eigenvalue weighted by Gasteiger charge is 2.30. The minimum absolute atomic E-state index is 0.00942. The maximum Gasteiger partial charge on any atom is 0.258 e. The van der Waals surface area contributed by atoms with E-state index in [-0.39, 0.29) is 22.5 Å². The van der Waals surface area contributed by atoms with Gasteiger partial charge in [0, 0.05) is 25.7 Å². The molecule has 0 aromatic heterocycles. The second-order valence-electron chi connectivity index (χ2n) is 5.58. The van der Waals surface area contributed by atoms with Crippen molar-refractivity contribution < 1.29 is 9.18 Å². The molecule has 0 radical (unpaired) electrons. The van der Waals surface area contributed by atoms with Gasteiger partial charge >= 0.3 is 0 Å². The van der Waals surface area contributed by atoms with E-state index in [1.807, 2.05) is 0 Å². The van der Waals surface area contributed by atoms with Crippen LogP contribution in [-0.2, 0) is 0 Å². The van der Waals surface area contributed by atoms with Gasteiger partial charge in [0.25, 0.3) is 5.91 Å². The van der Waals surface area contributed by atoms with E-state index in [9.17, 15) is 9.18 Å². The highest BCUT2D eigenvalue weighted by molar-refractivity contribution is 6.33. The zero-order chi connectivity index (χ0) is 14.7. The lowest BCUT2D eigenvalue weighted by Gasteiger charge is -2.37. The molecule has 20 heavy (non-hydrogen) atoms. The van der Waals surface area contributed by atoms with E-state index in [1.165, 1.54) is 12.1 Å². The van der Waals surface area contributed by atoms with Gasteiger partial charge in [0.1, 0.15) is 5.82 Å². The van der Waals surface area contributed by atoms with E-state index in [0.29, 0.717) is 12.5 Å². The van der Waals surface area contributed by atoms with Crippen LogP contribution in [0.4, 0.5) is 4.39 Å². The number of rotatable bonds is 3. The fourth-order valence-electron chi connectivity index (χ4n) is 2.63. The van der Waals surface area contributed by atoms with Crippen molar-refractivity contribution in [1.82, 2.24) is 10.2 Å². The molecule has 1 N–H and O–H groups in total. The smallest absolute Gasteiger partial charge is 0.258 e. The monoisotopic (exact) mass is 298 g/mol. The Morgan fingerprint density at radius 3 is 2.95 bits per heavy atom. The zero-order valence-electron chi connectivity index (χ0n) is 11.8. The SMILES string of the molecule is CC(C)CC1CNCCN1C(=O)c1c(F)cccc1Cl. The Balaban J connectivity index is 2.25. The topological polar surface area (TPSA) is 32.3 Å². The molecule has 110 valence electrons. The van der Waals surface area contributed by atoms with Crippen molar-refractivity contribution in [2.45, 2.75) is 26.3 Å². The van der Waals surface area contributed by atoms with Crippen LogP contribution in [0.5, 0.6) is 0 Å². The van der Waals surface area contributed by atoms with Crippen LogP contribution in [0.25, 0.3) is 0 Å². The molecule has 1 aromatic carbocycles. The van der Waals surface area contributed by atoms with Gasteiger partial charge < -0.3 is 10.2 Å². The van der Waals surface area contributed by atoms with E-state index in [0.717, 1.165) is 19.5 Å². The summed E-state index contributed by atoms with van der Waals surface area (Å²) in [7, 11) is 0. The maximum atomic E-state index is 13.9. The number of carbonyl (C=O) groups is 1. The fraction of sp³-hybridized carbons (Fsp3) is 0.533. The molecule has 1 aromatic rings. The second-order valence-corrected chi connectivity index (χ2v) is 5.99. The average molecular weight is 299 g/mol. The molecule has 1 unspecified atom stereocenters. The van der Waals surface area contributed by atoms with E-state index in [2.05, 4.69) is 19.2 Å². The molecule has 5 heteroatoms. The fourth-order valence-corrected chi connectivity index (χ4v) is 2.87. The van der Waals surface area contributed by atoms with Gasteiger partial charge in [-0.25, -0.2) is 4.39 Å². The van der Waals surface area contributed by atoms with E-state index < -0.39 is 5.82 Å². The normalized spacial score (nSPS) is 19.4. The summed E-state index contributed by atoms with van der Waals surface area (Å²) in [6.07, 6.45) is 0.894. The molecule has 1 fully saturated rings. The summed E-state index contributed by atoms with van der Waals surface area (Å²) in [6.45, 7) is 6.30. The Kier molecular flexibility index (Phi) is 5.00. The van der Waals surface area contributed by atoms with Gasteiger partial charge in [-0.3, -0.25) is 4.79 Å². The molecule has 2 rings (SSSR count). The minimum Gasteiger partial charge on any atom is -0.333 e. The quantitative estimate of drug-likeness (QED) is 0.930. The molecule has 1 atom stereocenters. The number of nitrogens with zero attached hydrogens (tertiary/aromatic N) is 1. The predicted molar refractivity (Wildman–Crippen MR) is 78.6 cm³/mol. The van der Waals surface area contributed by atoms with E-state index >= 15 is 0 Å². The van der Waals surface area contributed by atoms with Crippen molar-refractivity contribution in [1.29, 1.82) is 0 Å². The highest BCUT2D eigenvalue weighted by Crippen LogP contribution is 2.23. The lowest BCUT2D eigenvalue weighted by Crippen LogP contribution is -2.54. The molecule has 1 aliphatic heterocycles. The van der Waals surface area contributed by atoms with Crippen molar-refractivity contribution in [3.05, 3.63) is 34.6 Å². The Labute approximate surface area is 124 Å². The standard InChI is InChI=1S/C15H20ClFN2O/c1-10(2)8-11-9-18-6-7-19(11)15(20)14-12(16)4-3-5-13(14)17/h3-5,10-11,18H,6-9H2,1-2H3. The molecule has 3 nitrogen and oxygen atoms in total. The number of benzene rings is 1. The molecule has 1 saturated heterocycles. The highest BCUT2D eigenvalue weighted by atomic mass is 35.5. The average Bonchev–Trinajstić information content (AvgIpc) is 2.38. The van der Waals surface area contributed by atoms with Crippen molar-refractivity contribution in [2.75, 3.05) is 19.6 Å². The number of hydrogen-bond donors (Lipinski definition) is 1. The zero-order valence-corrected chi connectivity index (χ0v) is 12.6. The summed E-state index contributed by atoms with van der Waals surface area (Å²) in [5.74, 6) is -0.379. The molecule has 0 aliphatic carbocycles. The van der Waals surface area contributed by atoms with Crippen molar-refractivity contribution >= 4 is 17.5 Å². The van der Waals surface area contributed by atoms with Crippen molar-refractivity contribution in [3.63, 3.8) is 0 Å². The van der Waals surface area contributed by atoms with Gasteiger partial charge in [0.05, 0.1) is 10.6 Å². The van der Waals surface area contributed by atoms with E-state index in [1.54, 1.807) is 11.0 Å². The lowest BCUT2D eigenvalue weighted by molar-refractivity contribution is 0.0605. The van der Waals surface area contributed by atoms with Crippen LogP contribution in [0.15, 0.2) is 18.2 Å². The summed E-state index contributed by atoms with van der Waals surface area (Å²) in [5.41, 5.74) is -0.00942. The summed E-state index contributed by atoms with van der Waals surface area (Å²) in [5, 5.41) is 3.46. The number of piperazine rings is 1. The number of amides is 1. The molecule has 0 saturated carbocycles. The summed E-state index contributed by atoms with van der Waals surface area (Å²) >= 11 is 5.99. The third-order valence-corrected chi connectivity index (χ3v) is 3.85. The molecule has 1 heterocycles. The number of nitrogens with one attached hydrogen (secondary N) is 1. The Morgan fingerprint density at radius 1 is 1.55 bits per heavy atom. The van der Waals surface area contributed by atoms with Gasteiger partial charge in [-0.05, 0) is 24.5 Å². The first-order valence-electron chi connectivity index (χ1n) is 6.96. The molecule has 0 bridgehead atoms. The third kappa shape index (κ3) is 3.30. The maximum absolute atomic E-state index is 13.9. The Bertz CT molecular complexity index is 473. The Morgan fingerprint density at radius 2 is 2.30 bits per heavy atom. The first-order valence-corrected chi connectivity index (χ1v) is 7.34. The number of carbonyl (C=O) groups excluding carboxylic acids is 1. The first kappa shape index (κ1) is 15.3. The molecular weight excluding hydrogens is 279 g/mol. The van der Waals surface area contributed by atoms with Gasteiger partial charge in [0.15, 0.2) is 0 Å². The van der Waals surface area contributed by atoms with Gasteiger partial charge in [-0.2, -0.15) is 0 Å². The molecule has 1 amide bonds. The summed E-state index contributed by atoms with van der Waals surface area (Å²) < 4.78 is 13.9. The Hall–Kier alpha value is -1.13. The lowest BCUT2D eigenvalue weighted by atomic mass is 9.99. The van der Waals surface area contributed by atoms with Gasteiger partial charge in [-0.1, -0.05) is 31.5 Å². The number of halogens is 2. The second kappa shape index (κ2) is 6.55. The molecular formula is C15H20ClFN2O. The molecule has 1 aliphatic rings. The summed E-state index contributed by atoms with van der Waals surface area (Å²) in [6, 6.07) is 4.43. The number of hydrogen-bond acceptors (Lipinski definition) is 2. The van der Waals surface area contributed by atoms with Crippen LogP contribution in [0, 0.1) is 11.7 Å². The van der Waals surface area contributed by atoms with Crippen LogP contribution in [0.3, 0.4) is 0 Å². The largest absolute Gasteiger partial charge is 0.333 e. The van der Waals surface area contributed by atoms with Crippen molar-refractivity contribution in [2.24, 2.45) is 5.92 Å². The van der Waals surface area contributed by atoms with Gasteiger partial charge in [0.2, 0.25) is 0 Å². The van der Waals surface area contributed by atoms with Crippen LogP contribution >= 0.6 is 11.6 Å². The van der Waals surface area contributed by atoms with Crippen LogP contribution in [0.1, 0.15) is 30.6 Å².